The molecule has 5 rings (SSSR count). The van der Waals surface area contributed by atoms with Crippen LogP contribution in [0.4, 0.5) is 0 Å². The van der Waals surface area contributed by atoms with Crippen LogP contribution < -0.4 is 10.1 Å². The van der Waals surface area contributed by atoms with Crippen LogP contribution in [0.15, 0.2) is 24.3 Å². The number of aliphatic hydroxyl groups excluding tert-OH is 1. The first-order chi connectivity index (χ1) is 12.6. The van der Waals surface area contributed by atoms with Gasteiger partial charge in [-0.2, -0.15) is 0 Å². The predicted molar refractivity (Wildman–Crippen MR) is 102 cm³/mol. The van der Waals surface area contributed by atoms with Gasteiger partial charge < -0.3 is 19.9 Å². The van der Waals surface area contributed by atoms with Crippen LogP contribution in [0, 0.1) is 23.2 Å². The summed E-state index contributed by atoms with van der Waals surface area (Å²) in [7, 11) is 1.67. The minimum Gasteiger partial charge on any atom is -0.497 e. The lowest BCUT2D eigenvalue weighted by molar-refractivity contribution is -0.0532. The monoisotopic (exact) mass is 359 g/mol. The Labute approximate surface area is 157 Å². The number of hydrogen-bond acceptors (Lipinski definition) is 4. The minimum atomic E-state index is -0.450. The summed E-state index contributed by atoms with van der Waals surface area (Å²) in [6.07, 6.45) is 8.24. The average Bonchev–Trinajstić information content (AvgIpc) is 2.60. The number of ether oxygens (including phenoxy) is 2. The Kier molecular flexibility index (Phi) is 5.53. The molecule has 0 aromatic heterocycles. The van der Waals surface area contributed by atoms with Gasteiger partial charge in [0.05, 0.1) is 26.4 Å². The Hall–Kier alpha value is -1.10. The highest BCUT2D eigenvalue weighted by Gasteiger charge is 2.50. The first-order valence-corrected chi connectivity index (χ1v) is 10.2. The molecular formula is C22H33NO3. The number of hydrogen-bond donors (Lipinski definition) is 2. The first-order valence-electron chi connectivity index (χ1n) is 10.2. The van der Waals surface area contributed by atoms with Crippen molar-refractivity contribution in [3.8, 4) is 5.75 Å². The molecule has 1 aromatic carbocycles. The van der Waals surface area contributed by atoms with Crippen molar-refractivity contribution in [3.05, 3.63) is 29.8 Å². The van der Waals surface area contributed by atoms with Gasteiger partial charge in [-0.05, 0) is 79.4 Å². The van der Waals surface area contributed by atoms with Crippen molar-refractivity contribution < 1.29 is 14.6 Å². The molecule has 0 aliphatic heterocycles. The molecule has 0 unspecified atom stereocenters. The molecule has 4 bridgehead atoms. The molecule has 0 spiro atoms. The molecule has 0 radical (unpaired) electrons. The van der Waals surface area contributed by atoms with Gasteiger partial charge in [-0.15, -0.1) is 0 Å². The maximum Gasteiger partial charge on any atom is 0.119 e. The zero-order valence-electron chi connectivity index (χ0n) is 16.0. The summed E-state index contributed by atoms with van der Waals surface area (Å²) in [5.74, 6) is 3.79. The molecular weight excluding hydrogens is 326 g/mol. The number of rotatable bonds is 9. The maximum atomic E-state index is 10.2. The first kappa shape index (κ1) is 18.3. The van der Waals surface area contributed by atoms with Crippen LogP contribution in [0.1, 0.15) is 44.1 Å². The summed E-state index contributed by atoms with van der Waals surface area (Å²) in [5, 5.41) is 13.8. The van der Waals surface area contributed by atoms with Gasteiger partial charge in [-0.1, -0.05) is 12.1 Å². The van der Waals surface area contributed by atoms with Gasteiger partial charge in [0, 0.05) is 13.1 Å². The topological polar surface area (TPSA) is 50.7 Å². The summed E-state index contributed by atoms with van der Waals surface area (Å²) in [6.45, 7) is 2.57. The van der Waals surface area contributed by atoms with Crippen molar-refractivity contribution in [1.29, 1.82) is 0 Å². The largest absolute Gasteiger partial charge is 0.497 e. The molecule has 0 amide bonds. The second-order valence-corrected chi connectivity index (χ2v) is 9.07. The maximum absolute atomic E-state index is 10.2. The van der Waals surface area contributed by atoms with E-state index in [2.05, 4.69) is 5.32 Å². The molecule has 4 aliphatic rings. The predicted octanol–water partition coefficient (Wildman–Crippen LogP) is 3.38. The second-order valence-electron chi connectivity index (χ2n) is 9.07. The molecule has 4 fully saturated rings. The van der Waals surface area contributed by atoms with E-state index >= 15 is 0 Å². The lowest BCUT2D eigenvalue weighted by Gasteiger charge is -2.57. The summed E-state index contributed by atoms with van der Waals surface area (Å²) in [6, 6.07) is 7.87. The van der Waals surface area contributed by atoms with Crippen molar-refractivity contribution in [2.75, 3.05) is 26.8 Å². The average molecular weight is 360 g/mol. The third kappa shape index (κ3) is 4.24. The third-order valence-electron chi connectivity index (χ3n) is 6.76. The zero-order valence-corrected chi connectivity index (χ0v) is 16.0. The van der Waals surface area contributed by atoms with E-state index in [0.717, 1.165) is 35.6 Å². The van der Waals surface area contributed by atoms with Crippen molar-refractivity contribution in [1.82, 2.24) is 5.32 Å². The quantitative estimate of drug-likeness (QED) is 0.710. The fourth-order valence-corrected chi connectivity index (χ4v) is 6.14. The van der Waals surface area contributed by atoms with Gasteiger partial charge in [0.2, 0.25) is 0 Å². The van der Waals surface area contributed by atoms with Gasteiger partial charge in [-0.3, -0.25) is 0 Å². The highest BCUT2D eigenvalue weighted by molar-refractivity contribution is 5.27. The van der Waals surface area contributed by atoms with E-state index in [1.807, 2.05) is 24.3 Å². The van der Waals surface area contributed by atoms with Gasteiger partial charge >= 0.3 is 0 Å². The SMILES string of the molecule is COc1cccc(COC[C@@H](O)CNCC23CC4CC(CC(C4)C2)C3)c1. The third-order valence-corrected chi connectivity index (χ3v) is 6.76. The minimum absolute atomic E-state index is 0.366. The molecule has 1 atom stereocenters. The van der Waals surface area contributed by atoms with Crippen molar-refractivity contribution in [3.63, 3.8) is 0 Å². The van der Waals surface area contributed by atoms with E-state index < -0.39 is 6.10 Å². The van der Waals surface area contributed by atoms with E-state index in [1.54, 1.807) is 7.11 Å². The van der Waals surface area contributed by atoms with Crippen molar-refractivity contribution in [2.45, 2.75) is 51.2 Å². The lowest BCUT2D eigenvalue weighted by atomic mass is 9.49. The van der Waals surface area contributed by atoms with Crippen LogP contribution in [0.25, 0.3) is 0 Å². The number of nitrogens with one attached hydrogen (secondary N) is 1. The molecule has 144 valence electrons. The van der Waals surface area contributed by atoms with E-state index in [0.29, 0.717) is 25.2 Å². The highest BCUT2D eigenvalue weighted by Crippen LogP contribution is 2.59. The lowest BCUT2D eigenvalue weighted by Crippen LogP contribution is -2.51. The van der Waals surface area contributed by atoms with Crippen LogP contribution in [-0.4, -0.2) is 38.0 Å². The molecule has 4 aliphatic carbocycles. The fourth-order valence-electron chi connectivity index (χ4n) is 6.14. The Morgan fingerprint density at radius 3 is 2.50 bits per heavy atom. The summed E-state index contributed by atoms with van der Waals surface area (Å²) in [5.41, 5.74) is 1.59. The standard InChI is InChI=1S/C22H33NO3/c1-25-21-4-2-3-16(8-21)13-26-14-20(24)12-23-15-22-9-17-5-18(10-22)7-19(6-17)11-22/h2-4,8,17-20,23-24H,5-7,9-15H2,1H3/t17?,18?,19?,20-,22?/m0/s1. The van der Waals surface area contributed by atoms with Crippen LogP contribution in [0.3, 0.4) is 0 Å². The summed E-state index contributed by atoms with van der Waals surface area (Å²) < 4.78 is 10.9. The normalized spacial score (nSPS) is 33.4. The van der Waals surface area contributed by atoms with Gasteiger partial charge in [0.25, 0.3) is 0 Å². The van der Waals surface area contributed by atoms with Crippen molar-refractivity contribution in [2.24, 2.45) is 23.2 Å². The molecule has 2 N–H and O–H groups in total. The van der Waals surface area contributed by atoms with Gasteiger partial charge in [0.1, 0.15) is 5.75 Å². The Morgan fingerprint density at radius 1 is 1.15 bits per heavy atom. The van der Waals surface area contributed by atoms with E-state index in [1.165, 1.54) is 38.5 Å². The van der Waals surface area contributed by atoms with E-state index in [-0.39, 0.29) is 0 Å². The Bertz CT molecular complexity index is 568. The number of aliphatic hydroxyl groups is 1. The molecule has 26 heavy (non-hydrogen) atoms. The number of benzene rings is 1. The van der Waals surface area contributed by atoms with Crippen LogP contribution in [-0.2, 0) is 11.3 Å². The molecule has 4 nitrogen and oxygen atoms in total. The van der Waals surface area contributed by atoms with E-state index in [4.69, 9.17) is 9.47 Å². The highest BCUT2D eigenvalue weighted by atomic mass is 16.5. The Balaban J connectivity index is 1.16. The van der Waals surface area contributed by atoms with Gasteiger partial charge in [0.15, 0.2) is 0 Å². The van der Waals surface area contributed by atoms with Crippen LogP contribution in [0.5, 0.6) is 5.75 Å². The molecule has 1 aromatic rings. The van der Waals surface area contributed by atoms with E-state index in [9.17, 15) is 5.11 Å². The van der Waals surface area contributed by atoms with Crippen LogP contribution in [0.2, 0.25) is 0 Å². The molecule has 0 saturated heterocycles. The second kappa shape index (κ2) is 7.87. The molecule has 4 heteroatoms. The molecule has 4 saturated carbocycles. The fraction of sp³-hybridized carbons (Fsp3) is 0.727. The number of methoxy groups -OCH3 is 1. The Morgan fingerprint density at radius 2 is 1.85 bits per heavy atom. The van der Waals surface area contributed by atoms with Crippen molar-refractivity contribution >= 4 is 0 Å². The summed E-state index contributed by atoms with van der Waals surface area (Å²) >= 11 is 0. The van der Waals surface area contributed by atoms with Crippen LogP contribution >= 0.6 is 0 Å². The van der Waals surface area contributed by atoms with Gasteiger partial charge in [-0.25, -0.2) is 0 Å². The zero-order chi connectivity index (χ0) is 18.0. The molecule has 0 heterocycles. The summed E-state index contributed by atoms with van der Waals surface area (Å²) in [4.78, 5) is 0. The smallest absolute Gasteiger partial charge is 0.119 e.